The van der Waals surface area contributed by atoms with Crippen LogP contribution in [0.2, 0.25) is 0 Å². The zero-order valence-electron chi connectivity index (χ0n) is 33.0. The van der Waals surface area contributed by atoms with E-state index in [2.05, 4.69) is 35.1 Å². The van der Waals surface area contributed by atoms with Gasteiger partial charge in [-0.25, -0.2) is 14.2 Å². The van der Waals surface area contributed by atoms with Crippen LogP contribution < -0.4 is 31.4 Å². The number of nitrogens with zero attached hydrogens (tertiary/aromatic N) is 8. The van der Waals surface area contributed by atoms with E-state index in [0.29, 0.717) is 47.8 Å². The van der Waals surface area contributed by atoms with Crippen LogP contribution in [0.25, 0.3) is 11.2 Å². The Hall–Kier alpha value is -6.29. The third-order valence-corrected chi connectivity index (χ3v) is 10.6. The lowest BCUT2D eigenvalue weighted by molar-refractivity contribution is -0.665. The smallest absolute Gasteiger partial charge is 0.414 e. The zero-order valence-corrected chi connectivity index (χ0v) is 34.7. The van der Waals surface area contributed by atoms with Gasteiger partial charge >= 0.3 is 17.7 Å². The summed E-state index contributed by atoms with van der Waals surface area (Å²) >= 11 is 2.18. The lowest BCUT2D eigenvalue weighted by atomic mass is 10.0. The number of amides is 3. The molecule has 2 aliphatic rings. The third kappa shape index (κ3) is 10.2. The van der Waals surface area contributed by atoms with E-state index in [0.717, 1.165) is 17.0 Å². The summed E-state index contributed by atoms with van der Waals surface area (Å²) in [6.07, 6.45) is 3.49. The van der Waals surface area contributed by atoms with Gasteiger partial charge in [0.25, 0.3) is 11.8 Å². The number of hydrogen-bond donors (Lipinski definition) is 4. The van der Waals surface area contributed by atoms with Crippen molar-refractivity contribution in [2.75, 3.05) is 31.3 Å². The Balaban J connectivity index is 1.24. The molecule has 20 nitrogen and oxygen atoms in total. The molecule has 0 aliphatic carbocycles. The largest absolute Gasteiger partial charge is 0.497 e. The van der Waals surface area contributed by atoms with E-state index in [1.165, 1.54) is 16.7 Å². The Morgan fingerprint density at radius 3 is 2.63 bits per heavy atom. The van der Waals surface area contributed by atoms with Crippen molar-refractivity contribution in [1.29, 1.82) is 0 Å². The van der Waals surface area contributed by atoms with Crippen LogP contribution in [-0.4, -0.2) is 102 Å². The molecule has 6 N–H and O–H groups in total. The van der Waals surface area contributed by atoms with Crippen molar-refractivity contribution in [3.8, 4) is 5.75 Å². The normalized spacial score (nSPS) is 16.5. The highest BCUT2D eigenvalue weighted by atomic mass is 32.2. The van der Waals surface area contributed by atoms with Crippen LogP contribution in [0.5, 0.6) is 5.75 Å². The molecule has 0 bridgehead atoms. The SMILES string of the molecule is CCO/N=C(\C(=O)NC1C(=O)N2C(C(=O)OCc3ccc(OC)cc3)=C(C[n+]3cn(CCCN=C(N)N)c4cccnc43)CSC12)c1nsc(NC(=O)OC(C)(C)C)n1. The van der Waals surface area contributed by atoms with E-state index in [9.17, 15) is 19.2 Å². The lowest BCUT2D eigenvalue weighted by Gasteiger charge is -2.49. The quantitative estimate of drug-likeness (QED) is 0.0239. The summed E-state index contributed by atoms with van der Waals surface area (Å²) in [5, 5.41) is 8.52. The summed E-state index contributed by atoms with van der Waals surface area (Å²) in [5.74, 6) is -1.20. The Morgan fingerprint density at radius 1 is 1.14 bits per heavy atom. The number of esters is 1. The van der Waals surface area contributed by atoms with Crippen LogP contribution in [-0.2, 0) is 48.4 Å². The summed E-state index contributed by atoms with van der Waals surface area (Å²) in [7, 11) is 1.56. The Morgan fingerprint density at radius 2 is 1.92 bits per heavy atom. The zero-order chi connectivity index (χ0) is 42.3. The van der Waals surface area contributed by atoms with E-state index in [4.69, 9.17) is 30.5 Å². The average molecular weight is 850 g/mol. The first-order valence-electron chi connectivity index (χ1n) is 18.5. The molecule has 59 heavy (non-hydrogen) atoms. The number of thioether (sulfide) groups is 1. The summed E-state index contributed by atoms with van der Waals surface area (Å²) in [5.41, 5.74) is 12.9. The molecular weight excluding hydrogens is 805 g/mol. The number of aromatic nitrogens is 5. The van der Waals surface area contributed by atoms with E-state index in [-0.39, 0.29) is 48.1 Å². The molecule has 1 aromatic carbocycles. The number of rotatable bonds is 16. The molecule has 4 aromatic rings. The molecular formula is C37H45N12O8S2+. The number of carbonyl (C=O) groups excluding carboxylic acids is 4. The van der Waals surface area contributed by atoms with Gasteiger partial charge in [-0.05, 0) is 63.9 Å². The molecule has 3 amide bonds. The van der Waals surface area contributed by atoms with Crippen LogP contribution in [0.3, 0.4) is 0 Å². The van der Waals surface area contributed by atoms with E-state index < -0.39 is 40.9 Å². The number of methoxy groups -OCH3 is 1. The monoisotopic (exact) mass is 849 g/mol. The number of oxime groups is 1. The fourth-order valence-electron chi connectivity index (χ4n) is 6.08. The first kappa shape index (κ1) is 42.3. The molecule has 1 saturated heterocycles. The van der Waals surface area contributed by atoms with Gasteiger partial charge < -0.3 is 35.8 Å². The predicted molar refractivity (Wildman–Crippen MR) is 218 cm³/mol. The number of pyridine rings is 1. The summed E-state index contributed by atoms with van der Waals surface area (Å²) < 4.78 is 24.4. The Kier molecular flexibility index (Phi) is 13.3. The van der Waals surface area contributed by atoms with Crippen molar-refractivity contribution in [1.82, 2.24) is 29.1 Å². The van der Waals surface area contributed by atoms with Gasteiger partial charge in [0.2, 0.25) is 16.7 Å². The Labute approximate surface area is 347 Å². The number of benzene rings is 1. The number of imidazole rings is 1. The highest BCUT2D eigenvalue weighted by Gasteiger charge is 2.55. The molecule has 312 valence electrons. The van der Waals surface area contributed by atoms with Crippen LogP contribution in [0, 0.1) is 0 Å². The number of ether oxygens (including phenoxy) is 3. The van der Waals surface area contributed by atoms with Gasteiger partial charge in [-0.2, -0.15) is 9.36 Å². The molecule has 3 aromatic heterocycles. The second-order valence-electron chi connectivity index (χ2n) is 14.1. The van der Waals surface area contributed by atoms with Crippen molar-refractivity contribution in [2.45, 2.75) is 70.8 Å². The number of nitrogens with one attached hydrogen (secondary N) is 2. The van der Waals surface area contributed by atoms with Crippen molar-refractivity contribution >= 4 is 75.1 Å². The van der Waals surface area contributed by atoms with Crippen molar-refractivity contribution in [3.63, 3.8) is 0 Å². The second-order valence-corrected chi connectivity index (χ2v) is 15.9. The molecule has 5 heterocycles. The molecule has 6 rings (SSSR count). The standard InChI is InChI=1S/C37H44N12O8S2/c1-6-56-45-25(28-43-35(59-46-28)44-36(53)57-37(2,3)4)30(50)42-26-31(51)49-27(33(52)55-18-21-10-12-23(54-5)13-11-21)22(19-58-32(26)49)17-48-20-47(16-8-15-41-34(38)39)24-9-7-14-40-29(24)48/h7,9-14,20,26,32H,6,8,15-19H2,1-5H3,(H5-,38,39,41,42,43,44,46,50,53)/p+1/b45-25-. The molecule has 22 heteroatoms. The van der Waals surface area contributed by atoms with Crippen molar-refractivity contribution in [2.24, 2.45) is 21.6 Å². The van der Waals surface area contributed by atoms with E-state index >= 15 is 0 Å². The number of aliphatic imine (C=N–C) groups is 1. The molecule has 2 atom stereocenters. The number of β-lactam (4-membered cyclic amide) rings is 1. The number of carbonyl (C=O) groups is 4. The predicted octanol–water partition coefficient (Wildman–Crippen LogP) is 2.03. The maximum atomic E-state index is 14.1. The first-order valence-corrected chi connectivity index (χ1v) is 20.3. The van der Waals surface area contributed by atoms with Crippen LogP contribution in [0.1, 0.15) is 45.5 Å². The number of anilines is 1. The van der Waals surface area contributed by atoms with Crippen molar-refractivity contribution in [3.05, 3.63) is 71.6 Å². The van der Waals surface area contributed by atoms with E-state index in [1.54, 1.807) is 65.3 Å². The molecule has 2 aliphatic heterocycles. The number of hydrogen-bond acceptors (Lipinski definition) is 15. The van der Waals surface area contributed by atoms with E-state index in [1.807, 2.05) is 27.6 Å². The number of nitrogens with two attached hydrogens (primary N) is 2. The molecule has 0 saturated carbocycles. The van der Waals surface area contributed by atoms with Gasteiger partial charge in [0.15, 0.2) is 17.8 Å². The molecule has 0 radical (unpaired) electrons. The third-order valence-electron chi connectivity index (χ3n) is 8.64. The molecule has 1 fully saturated rings. The maximum Gasteiger partial charge on any atom is 0.414 e. The lowest BCUT2D eigenvalue weighted by Crippen LogP contribution is -2.71. The minimum atomic E-state index is -1.05. The van der Waals surface area contributed by atoms with Gasteiger partial charge in [0, 0.05) is 29.4 Å². The van der Waals surface area contributed by atoms with Crippen LogP contribution >= 0.6 is 23.3 Å². The maximum absolute atomic E-state index is 14.1. The minimum absolute atomic E-state index is 0.0201. The van der Waals surface area contributed by atoms with Gasteiger partial charge in [-0.1, -0.05) is 17.3 Å². The summed E-state index contributed by atoms with van der Waals surface area (Å²) in [6.45, 7) is 8.12. The highest BCUT2D eigenvalue weighted by molar-refractivity contribution is 8.00. The first-order chi connectivity index (χ1) is 28.3. The fraction of sp³-hybridized carbons (Fsp3) is 0.405. The summed E-state index contributed by atoms with van der Waals surface area (Å²) in [6, 6.07) is 9.80. The van der Waals surface area contributed by atoms with Crippen molar-refractivity contribution < 1.29 is 42.8 Å². The highest BCUT2D eigenvalue weighted by Crippen LogP contribution is 2.41. The number of guanidine groups is 1. The van der Waals surface area contributed by atoms with Gasteiger partial charge in [-0.15, -0.1) is 16.7 Å². The topological polar surface area (TPSA) is 257 Å². The average Bonchev–Trinajstić information content (AvgIpc) is 3.80. The minimum Gasteiger partial charge on any atom is -0.497 e. The van der Waals surface area contributed by atoms with Crippen LogP contribution in [0.4, 0.5) is 9.93 Å². The number of aryl methyl sites for hydroxylation is 1. The van der Waals surface area contributed by atoms with Gasteiger partial charge in [-0.3, -0.25) is 29.4 Å². The number of fused-ring (bicyclic) bond motifs is 2. The van der Waals surface area contributed by atoms with Crippen LogP contribution in [0.15, 0.2) is 70.3 Å². The molecule has 0 spiro atoms. The summed E-state index contributed by atoms with van der Waals surface area (Å²) in [4.78, 5) is 73.6. The molecule has 2 unspecified atom stereocenters. The Bertz CT molecular complexity index is 2300. The van der Waals surface area contributed by atoms with Gasteiger partial charge in [0.05, 0.1) is 20.2 Å². The fourth-order valence-corrected chi connectivity index (χ4v) is 7.98. The van der Waals surface area contributed by atoms with Gasteiger partial charge in [0.1, 0.15) is 47.9 Å². The second kappa shape index (κ2) is 18.5.